The van der Waals surface area contributed by atoms with E-state index in [1.807, 2.05) is 0 Å². The van der Waals surface area contributed by atoms with Gasteiger partial charge in [-0.25, -0.2) is 0 Å². The van der Waals surface area contributed by atoms with Gasteiger partial charge in [0.25, 0.3) is 0 Å². The molecule has 0 aromatic heterocycles. The summed E-state index contributed by atoms with van der Waals surface area (Å²) in [6.45, 7) is 6.11. The van der Waals surface area contributed by atoms with Crippen molar-refractivity contribution in [2.45, 2.75) is 45.6 Å². The van der Waals surface area contributed by atoms with Gasteiger partial charge in [0, 0.05) is 12.6 Å². The zero-order valence-corrected chi connectivity index (χ0v) is 9.31. The van der Waals surface area contributed by atoms with Crippen LogP contribution < -0.4 is 10.6 Å². The second-order valence-corrected chi connectivity index (χ2v) is 4.24. The molecule has 1 rings (SSSR count). The lowest BCUT2D eigenvalue weighted by atomic mass is 10.1. The number of rotatable bonds is 5. The maximum absolute atomic E-state index is 11.7. The summed E-state index contributed by atoms with van der Waals surface area (Å²) in [4.78, 5) is 11.7. The average molecular weight is 198 g/mol. The maximum Gasteiger partial charge on any atom is 0.224 e. The lowest BCUT2D eigenvalue weighted by Gasteiger charge is -2.16. The van der Waals surface area contributed by atoms with Crippen molar-refractivity contribution in [1.82, 2.24) is 10.6 Å². The normalized spacial score (nSPS) is 23.4. The van der Waals surface area contributed by atoms with E-state index in [9.17, 15) is 4.79 Å². The summed E-state index contributed by atoms with van der Waals surface area (Å²) in [5.74, 6) is 0.442. The molecule has 0 aromatic carbocycles. The Morgan fingerprint density at radius 1 is 1.64 bits per heavy atom. The highest BCUT2D eigenvalue weighted by Crippen LogP contribution is 2.08. The van der Waals surface area contributed by atoms with Gasteiger partial charge in [0.2, 0.25) is 5.91 Å². The van der Waals surface area contributed by atoms with Gasteiger partial charge in [0.1, 0.15) is 0 Å². The molecule has 1 fully saturated rings. The summed E-state index contributed by atoms with van der Waals surface area (Å²) >= 11 is 0. The zero-order chi connectivity index (χ0) is 10.4. The van der Waals surface area contributed by atoms with Gasteiger partial charge in [-0.3, -0.25) is 4.79 Å². The molecule has 14 heavy (non-hydrogen) atoms. The van der Waals surface area contributed by atoms with Crippen LogP contribution in [-0.4, -0.2) is 25.0 Å². The first-order chi connectivity index (χ1) is 6.74. The van der Waals surface area contributed by atoms with E-state index in [0.29, 0.717) is 6.04 Å². The Bertz CT molecular complexity index is 176. The van der Waals surface area contributed by atoms with Crippen LogP contribution >= 0.6 is 0 Å². The molecule has 1 amide bonds. The lowest BCUT2D eigenvalue weighted by Crippen LogP contribution is -2.37. The fraction of sp³-hybridized carbons (Fsp3) is 0.909. The molecule has 1 saturated heterocycles. The van der Waals surface area contributed by atoms with Crippen LogP contribution in [0.15, 0.2) is 0 Å². The third-order valence-corrected chi connectivity index (χ3v) is 2.81. The molecule has 82 valence electrons. The Balaban J connectivity index is 2.18. The van der Waals surface area contributed by atoms with Crippen LogP contribution in [-0.2, 0) is 4.79 Å². The monoisotopic (exact) mass is 198 g/mol. The molecule has 2 atom stereocenters. The zero-order valence-electron chi connectivity index (χ0n) is 9.31. The van der Waals surface area contributed by atoms with E-state index in [0.717, 1.165) is 25.9 Å². The summed E-state index contributed by atoms with van der Waals surface area (Å²) < 4.78 is 0. The third kappa shape index (κ3) is 3.66. The van der Waals surface area contributed by atoms with E-state index >= 15 is 0 Å². The largest absolute Gasteiger partial charge is 0.353 e. The minimum absolute atomic E-state index is 0.207. The second-order valence-electron chi connectivity index (χ2n) is 4.24. The Morgan fingerprint density at radius 3 is 3.00 bits per heavy atom. The van der Waals surface area contributed by atoms with Crippen molar-refractivity contribution in [3.63, 3.8) is 0 Å². The smallest absolute Gasteiger partial charge is 0.224 e. The molecule has 0 aliphatic carbocycles. The molecule has 0 saturated carbocycles. The molecule has 1 heterocycles. The second kappa shape index (κ2) is 6.02. The van der Waals surface area contributed by atoms with E-state index in [1.54, 1.807) is 0 Å². The standard InChI is InChI=1S/C11H22N2O/c1-3-4-5-9(2)13-11(14)10-6-7-12-8-10/h9-10,12H,3-8H2,1-2H3,(H,13,14). The number of nitrogens with one attached hydrogen (secondary N) is 2. The van der Waals surface area contributed by atoms with Gasteiger partial charge >= 0.3 is 0 Å². The SMILES string of the molecule is CCCCC(C)NC(=O)C1CCNC1. The number of carbonyl (C=O) groups excluding carboxylic acids is 1. The van der Waals surface area contributed by atoms with E-state index < -0.39 is 0 Å². The van der Waals surface area contributed by atoms with Crippen molar-refractivity contribution >= 4 is 5.91 Å². The summed E-state index contributed by atoms with van der Waals surface area (Å²) in [5, 5.41) is 6.29. The Morgan fingerprint density at radius 2 is 2.43 bits per heavy atom. The molecular formula is C11H22N2O. The van der Waals surface area contributed by atoms with Crippen molar-refractivity contribution < 1.29 is 4.79 Å². The molecule has 0 bridgehead atoms. The predicted molar refractivity (Wildman–Crippen MR) is 58.1 cm³/mol. The fourth-order valence-electron chi connectivity index (χ4n) is 1.82. The molecule has 1 aliphatic heterocycles. The van der Waals surface area contributed by atoms with Crippen LogP contribution in [0.2, 0.25) is 0 Å². The first-order valence-corrected chi connectivity index (χ1v) is 5.75. The van der Waals surface area contributed by atoms with Crippen LogP contribution in [0, 0.1) is 5.92 Å². The van der Waals surface area contributed by atoms with Crippen LogP contribution in [0.4, 0.5) is 0 Å². The Labute approximate surface area is 86.6 Å². The van der Waals surface area contributed by atoms with Crippen molar-refractivity contribution in [2.75, 3.05) is 13.1 Å². The van der Waals surface area contributed by atoms with E-state index in [-0.39, 0.29) is 11.8 Å². The van der Waals surface area contributed by atoms with Crippen molar-refractivity contribution in [1.29, 1.82) is 0 Å². The van der Waals surface area contributed by atoms with Gasteiger partial charge in [-0.15, -0.1) is 0 Å². The number of amides is 1. The molecule has 2 N–H and O–H groups in total. The van der Waals surface area contributed by atoms with Gasteiger partial charge in [-0.1, -0.05) is 19.8 Å². The summed E-state index contributed by atoms with van der Waals surface area (Å²) in [5.41, 5.74) is 0. The van der Waals surface area contributed by atoms with Crippen LogP contribution in [0.5, 0.6) is 0 Å². The highest BCUT2D eigenvalue weighted by molar-refractivity contribution is 5.79. The highest BCUT2D eigenvalue weighted by Gasteiger charge is 2.22. The molecular weight excluding hydrogens is 176 g/mol. The molecule has 1 aliphatic rings. The molecule has 3 nitrogen and oxygen atoms in total. The number of hydrogen-bond acceptors (Lipinski definition) is 2. The topological polar surface area (TPSA) is 41.1 Å². The van der Waals surface area contributed by atoms with E-state index in [2.05, 4.69) is 24.5 Å². The van der Waals surface area contributed by atoms with Gasteiger partial charge in [0.05, 0.1) is 5.92 Å². The Kier molecular flexibility index (Phi) is 4.94. The lowest BCUT2D eigenvalue weighted by molar-refractivity contribution is -0.125. The number of carbonyl (C=O) groups is 1. The first kappa shape index (κ1) is 11.5. The molecule has 0 spiro atoms. The summed E-state index contributed by atoms with van der Waals surface area (Å²) in [6, 6.07) is 0.336. The molecule has 0 radical (unpaired) electrons. The predicted octanol–water partition coefficient (Wildman–Crippen LogP) is 1.29. The maximum atomic E-state index is 11.7. The van der Waals surface area contributed by atoms with Crippen LogP contribution in [0.25, 0.3) is 0 Å². The van der Waals surface area contributed by atoms with Crippen molar-refractivity contribution in [3.8, 4) is 0 Å². The van der Waals surface area contributed by atoms with Crippen LogP contribution in [0.3, 0.4) is 0 Å². The van der Waals surface area contributed by atoms with Gasteiger partial charge in [-0.2, -0.15) is 0 Å². The summed E-state index contributed by atoms with van der Waals surface area (Å²) in [7, 11) is 0. The Hall–Kier alpha value is -0.570. The van der Waals surface area contributed by atoms with Crippen LogP contribution in [0.1, 0.15) is 39.5 Å². The van der Waals surface area contributed by atoms with Gasteiger partial charge < -0.3 is 10.6 Å². The van der Waals surface area contributed by atoms with Crippen molar-refractivity contribution in [2.24, 2.45) is 5.92 Å². The molecule has 2 unspecified atom stereocenters. The number of unbranched alkanes of at least 4 members (excludes halogenated alkanes) is 1. The minimum atomic E-state index is 0.207. The first-order valence-electron chi connectivity index (χ1n) is 5.75. The average Bonchev–Trinajstić information content (AvgIpc) is 2.67. The van der Waals surface area contributed by atoms with Crippen molar-refractivity contribution in [3.05, 3.63) is 0 Å². The molecule has 0 aromatic rings. The minimum Gasteiger partial charge on any atom is -0.353 e. The van der Waals surface area contributed by atoms with E-state index in [1.165, 1.54) is 12.8 Å². The third-order valence-electron chi connectivity index (χ3n) is 2.81. The van der Waals surface area contributed by atoms with Gasteiger partial charge in [0.15, 0.2) is 0 Å². The fourth-order valence-corrected chi connectivity index (χ4v) is 1.82. The molecule has 3 heteroatoms. The number of hydrogen-bond donors (Lipinski definition) is 2. The van der Waals surface area contributed by atoms with E-state index in [4.69, 9.17) is 0 Å². The quantitative estimate of drug-likeness (QED) is 0.699. The highest BCUT2D eigenvalue weighted by atomic mass is 16.2. The summed E-state index contributed by atoms with van der Waals surface area (Å²) in [6.07, 6.45) is 4.49. The van der Waals surface area contributed by atoms with Gasteiger partial charge in [-0.05, 0) is 26.3 Å².